The number of methoxy groups -OCH3 is 1. The predicted molar refractivity (Wildman–Crippen MR) is 56.7 cm³/mol. The van der Waals surface area contributed by atoms with E-state index in [1.165, 1.54) is 6.20 Å². The number of carbonyl (C=O) groups is 1. The summed E-state index contributed by atoms with van der Waals surface area (Å²) in [4.78, 5) is 18.8. The standard InChI is InChI=1S/C9H11BrN2O3/c1-3-6(15-2)8-11-4-5(10)7(12-8)9(13)14/h4,6H,3H2,1-2H3,(H,13,14). The molecular weight excluding hydrogens is 264 g/mol. The Labute approximate surface area is 95.6 Å². The van der Waals surface area contributed by atoms with E-state index in [4.69, 9.17) is 9.84 Å². The smallest absolute Gasteiger partial charge is 0.355 e. The molecule has 1 aromatic heterocycles. The zero-order valence-electron chi connectivity index (χ0n) is 8.40. The summed E-state index contributed by atoms with van der Waals surface area (Å²) in [7, 11) is 1.54. The lowest BCUT2D eigenvalue weighted by molar-refractivity contribution is 0.0683. The normalized spacial score (nSPS) is 12.5. The Hall–Kier alpha value is -1.01. The van der Waals surface area contributed by atoms with Gasteiger partial charge in [-0.15, -0.1) is 0 Å². The second-order valence-electron chi connectivity index (χ2n) is 2.86. The lowest BCUT2D eigenvalue weighted by Crippen LogP contribution is -2.10. The predicted octanol–water partition coefficient (Wildman–Crippen LogP) is 2.03. The van der Waals surface area contributed by atoms with Gasteiger partial charge < -0.3 is 9.84 Å². The van der Waals surface area contributed by atoms with Crippen molar-refractivity contribution in [2.24, 2.45) is 0 Å². The van der Waals surface area contributed by atoms with Gasteiger partial charge in [0.1, 0.15) is 6.10 Å². The molecule has 1 rings (SSSR count). The van der Waals surface area contributed by atoms with Crippen LogP contribution in [0, 0.1) is 0 Å². The maximum Gasteiger partial charge on any atom is 0.355 e. The van der Waals surface area contributed by atoms with Gasteiger partial charge in [0.25, 0.3) is 0 Å². The zero-order chi connectivity index (χ0) is 11.4. The largest absolute Gasteiger partial charge is 0.476 e. The number of carboxylic acid groups (broad SMARTS) is 1. The highest BCUT2D eigenvalue weighted by atomic mass is 79.9. The number of ether oxygens (including phenoxy) is 1. The molecule has 0 amide bonds. The molecule has 0 fully saturated rings. The summed E-state index contributed by atoms with van der Waals surface area (Å²) in [5, 5.41) is 8.86. The highest BCUT2D eigenvalue weighted by Crippen LogP contribution is 2.19. The Balaban J connectivity index is 3.11. The van der Waals surface area contributed by atoms with Crippen LogP contribution in [0.15, 0.2) is 10.7 Å². The minimum Gasteiger partial charge on any atom is -0.476 e. The van der Waals surface area contributed by atoms with Crippen LogP contribution in [0.4, 0.5) is 0 Å². The molecule has 1 aromatic rings. The van der Waals surface area contributed by atoms with Gasteiger partial charge in [-0.3, -0.25) is 0 Å². The number of aromatic carboxylic acids is 1. The molecule has 15 heavy (non-hydrogen) atoms. The van der Waals surface area contributed by atoms with Crippen molar-refractivity contribution in [3.8, 4) is 0 Å². The first-order chi connectivity index (χ1) is 7.10. The first-order valence-electron chi connectivity index (χ1n) is 4.38. The van der Waals surface area contributed by atoms with Crippen LogP contribution in [0.1, 0.15) is 35.8 Å². The van der Waals surface area contributed by atoms with Crippen LogP contribution in [0.25, 0.3) is 0 Å². The average Bonchev–Trinajstić information content (AvgIpc) is 2.21. The fourth-order valence-electron chi connectivity index (χ4n) is 1.14. The van der Waals surface area contributed by atoms with Gasteiger partial charge in [0.05, 0.1) is 4.47 Å². The van der Waals surface area contributed by atoms with Gasteiger partial charge in [0.15, 0.2) is 11.5 Å². The van der Waals surface area contributed by atoms with E-state index in [0.717, 1.165) is 0 Å². The lowest BCUT2D eigenvalue weighted by atomic mass is 10.2. The zero-order valence-corrected chi connectivity index (χ0v) is 9.98. The van der Waals surface area contributed by atoms with E-state index >= 15 is 0 Å². The molecule has 1 atom stereocenters. The van der Waals surface area contributed by atoms with Crippen LogP contribution in [0.5, 0.6) is 0 Å². The minimum atomic E-state index is -1.09. The number of aromatic nitrogens is 2. The van der Waals surface area contributed by atoms with E-state index in [2.05, 4.69) is 25.9 Å². The number of carboxylic acids is 1. The van der Waals surface area contributed by atoms with E-state index < -0.39 is 5.97 Å². The van der Waals surface area contributed by atoms with Crippen LogP contribution in [0.2, 0.25) is 0 Å². The van der Waals surface area contributed by atoms with Gasteiger partial charge in [0.2, 0.25) is 0 Å². The highest BCUT2D eigenvalue weighted by Gasteiger charge is 2.17. The summed E-state index contributed by atoms with van der Waals surface area (Å²) >= 11 is 3.08. The first kappa shape index (κ1) is 12.1. The fraction of sp³-hybridized carbons (Fsp3) is 0.444. The summed E-state index contributed by atoms with van der Waals surface area (Å²) in [6.45, 7) is 1.92. The third kappa shape index (κ3) is 2.73. The molecule has 0 radical (unpaired) electrons. The van der Waals surface area contributed by atoms with Crippen molar-refractivity contribution in [2.75, 3.05) is 7.11 Å². The average molecular weight is 275 g/mol. The van der Waals surface area contributed by atoms with Crippen molar-refractivity contribution in [3.05, 3.63) is 22.2 Å². The molecular formula is C9H11BrN2O3. The summed E-state index contributed by atoms with van der Waals surface area (Å²) in [5.74, 6) is -0.697. The summed E-state index contributed by atoms with van der Waals surface area (Å²) in [5.41, 5.74) is -0.0458. The van der Waals surface area contributed by atoms with Crippen molar-refractivity contribution < 1.29 is 14.6 Å². The maximum atomic E-state index is 10.8. The first-order valence-corrected chi connectivity index (χ1v) is 5.18. The Morgan fingerprint density at radius 3 is 2.87 bits per heavy atom. The SMILES string of the molecule is CCC(OC)c1ncc(Br)c(C(=O)O)n1. The van der Waals surface area contributed by atoms with Crippen LogP contribution < -0.4 is 0 Å². The highest BCUT2D eigenvalue weighted by molar-refractivity contribution is 9.10. The molecule has 0 aliphatic rings. The number of rotatable bonds is 4. The van der Waals surface area contributed by atoms with Crippen molar-refractivity contribution in [2.45, 2.75) is 19.4 Å². The van der Waals surface area contributed by atoms with E-state index in [-0.39, 0.29) is 11.8 Å². The Morgan fingerprint density at radius 1 is 1.73 bits per heavy atom. The van der Waals surface area contributed by atoms with Crippen LogP contribution in [-0.2, 0) is 4.74 Å². The molecule has 1 heterocycles. The second-order valence-corrected chi connectivity index (χ2v) is 3.72. The summed E-state index contributed by atoms with van der Waals surface area (Å²) < 4.78 is 5.49. The van der Waals surface area contributed by atoms with Crippen LogP contribution in [0.3, 0.4) is 0 Å². The van der Waals surface area contributed by atoms with Gasteiger partial charge in [-0.2, -0.15) is 0 Å². The van der Waals surface area contributed by atoms with E-state index in [9.17, 15) is 4.79 Å². The van der Waals surface area contributed by atoms with Crippen LogP contribution >= 0.6 is 15.9 Å². The number of hydrogen-bond donors (Lipinski definition) is 1. The second kappa shape index (κ2) is 5.18. The molecule has 0 saturated carbocycles. The number of nitrogens with zero attached hydrogens (tertiary/aromatic N) is 2. The van der Waals surface area contributed by atoms with E-state index in [0.29, 0.717) is 16.7 Å². The molecule has 5 nitrogen and oxygen atoms in total. The van der Waals surface area contributed by atoms with Gasteiger partial charge in [0, 0.05) is 13.3 Å². The molecule has 0 aliphatic carbocycles. The molecule has 0 spiro atoms. The number of halogens is 1. The van der Waals surface area contributed by atoms with Crippen molar-refractivity contribution in [1.82, 2.24) is 9.97 Å². The maximum absolute atomic E-state index is 10.8. The third-order valence-corrected chi connectivity index (χ3v) is 2.49. The molecule has 0 bridgehead atoms. The Morgan fingerprint density at radius 2 is 2.40 bits per heavy atom. The van der Waals surface area contributed by atoms with Gasteiger partial charge in [-0.25, -0.2) is 14.8 Å². The molecule has 1 N–H and O–H groups in total. The Kier molecular flexibility index (Phi) is 4.16. The summed E-state index contributed by atoms with van der Waals surface area (Å²) in [6.07, 6.45) is 1.85. The van der Waals surface area contributed by atoms with Crippen molar-refractivity contribution in [3.63, 3.8) is 0 Å². The fourth-order valence-corrected chi connectivity index (χ4v) is 1.50. The minimum absolute atomic E-state index is 0.0458. The van der Waals surface area contributed by atoms with Gasteiger partial charge in [-0.1, -0.05) is 6.92 Å². The van der Waals surface area contributed by atoms with Crippen molar-refractivity contribution >= 4 is 21.9 Å². The van der Waals surface area contributed by atoms with E-state index in [1.807, 2.05) is 6.92 Å². The molecule has 0 aromatic carbocycles. The summed E-state index contributed by atoms with van der Waals surface area (Å²) in [6, 6.07) is 0. The third-order valence-electron chi connectivity index (χ3n) is 1.91. The van der Waals surface area contributed by atoms with E-state index in [1.54, 1.807) is 7.11 Å². The van der Waals surface area contributed by atoms with Crippen molar-refractivity contribution in [1.29, 1.82) is 0 Å². The molecule has 0 saturated heterocycles. The molecule has 6 heteroatoms. The lowest BCUT2D eigenvalue weighted by Gasteiger charge is -2.11. The van der Waals surface area contributed by atoms with Crippen LogP contribution in [-0.4, -0.2) is 28.2 Å². The molecule has 1 unspecified atom stereocenters. The van der Waals surface area contributed by atoms with Gasteiger partial charge in [-0.05, 0) is 22.4 Å². The monoisotopic (exact) mass is 274 g/mol. The quantitative estimate of drug-likeness (QED) is 0.910. The number of hydrogen-bond acceptors (Lipinski definition) is 4. The molecule has 82 valence electrons. The van der Waals surface area contributed by atoms with Gasteiger partial charge >= 0.3 is 5.97 Å². The topological polar surface area (TPSA) is 72.3 Å². The Bertz CT molecular complexity index is 366. The molecule has 0 aliphatic heterocycles.